The molecule has 0 fully saturated rings. The zero-order chi connectivity index (χ0) is 23.9. The van der Waals surface area contributed by atoms with Gasteiger partial charge in [-0.2, -0.15) is 0 Å². The van der Waals surface area contributed by atoms with Crippen LogP contribution in [0.25, 0.3) is 0 Å². The molecule has 0 spiro atoms. The number of amides is 3. The van der Waals surface area contributed by atoms with Crippen molar-refractivity contribution >= 4 is 33.6 Å². The zero-order valence-corrected chi connectivity index (χ0v) is 18.2. The van der Waals surface area contributed by atoms with Crippen molar-refractivity contribution in [3.63, 3.8) is 0 Å². The van der Waals surface area contributed by atoms with Crippen LogP contribution in [-0.4, -0.2) is 39.5 Å². The van der Waals surface area contributed by atoms with Gasteiger partial charge in [-0.05, 0) is 55.3 Å². The number of ether oxygens (including phenoxy) is 1. The van der Waals surface area contributed by atoms with Crippen LogP contribution in [0.3, 0.4) is 0 Å². The molecule has 0 aliphatic rings. The van der Waals surface area contributed by atoms with E-state index in [0.29, 0.717) is 5.69 Å². The average Bonchev–Trinajstić information content (AvgIpc) is 2.73. The van der Waals surface area contributed by atoms with E-state index in [0.717, 1.165) is 29.3 Å². The Bertz CT molecular complexity index is 1160. The summed E-state index contributed by atoms with van der Waals surface area (Å²) in [6.45, 7) is 6.18. The largest absolute Gasteiger partial charge is 0.452 e. The highest BCUT2D eigenvalue weighted by molar-refractivity contribution is 7.89. The number of rotatable bonds is 8. The number of anilines is 1. The lowest BCUT2D eigenvalue weighted by atomic mass is 10.1. The van der Waals surface area contributed by atoms with E-state index in [4.69, 9.17) is 4.74 Å². The van der Waals surface area contributed by atoms with Crippen molar-refractivity contribution in [1.29, 1.82) is 0 Å². The first-order valence-electron chi connectivity index (χ1n) is 9.29. The van der Waals surface area contributed by atoms with E-state index in [9.17, 15) is 27.2 Å². The van der Waals surface area contributed by atoms with Crippen molar-refractivity contribution in [2.75, 3.05) is 18.5 Å². The van der Waals surface area contributed by atoms with E-state index in [1.165, 1.54) is 6.08 Å². The molecule has 2 aromatic carbocycles. The molecule has 0 bridgehead atoms. The summed E-state index contributed by atoms with van der Waals surface area (Å²) < 4.78 is 45.0. The quantitative estimate of drug-likeness (QED) is 0.407. The van der Waals surface area contributed by atoms with Crippen LogP contribution < -0.4 is 15.4 Å². The van der Waals surface area contributed by atoms with Gasteiger partial charge in [0.25, 0.3) is 5.91 Å². The minimum Gasteiger partial charge on any atom is -0.452 e. The minimum absolute atomic E-state index is 0.138. The first-order chi connectivity index (χ1) is 15.0. The number of nitrogens with one attached hydrogen (secondary N) is 3. The number of sulfonamides is 1. The van der Waals surface area contributed by atoms with Gasteiger partial charge in [0.05, 0.1) is 5.56 Å². The summed E-state index contributed by atoms with van der Waals surface area (Å²) in [5, 5.41) is 4.47. The molecule has 3 amide bonds. The molecule has 170 valence electrons. The molecule has 0 saturated carbocycles. The number of carbonyl (C=O) groups excluding carboxylic acids is 3. The van der Waals surface area contributed by atoms with Crippen LogP contribution in [0.15, 0.2) is 53.9 Å². The highest BCUT2D eigenvalue weighted by atomic mass is 32.2. The number of hydrogen-bond acceptors (Lipinski definition) is 6. The topological polar surface area (TPSA) is 131 Å². The molecule has 0 atom stereocenters. The van der Waals surface area contributed by atoms with Gasteiger partial charge < -0.3 is 10.1 Å². The summed E-state index contributed by atoms with van der Waals surface area (Å²) in [6, 6.07) is 6.95. The summed E-state index contributed by atoms with van der Waals surface area (Å²) in [6.07, 6.45) is 1.27. The van der Waals surface area contributed by atoms with Crippen LogP contribution in [0.1, 0.15) is 21.5 Å². The molecule has 0 unspecified atom stereocenters. The van der Waals surface area contributed by atoms with Crippen LogP contribution in [0.2, 0.25) is 0 Å². The van der Waals surface area contributed by atoms with Gasteiger partial charge in [0.1, 0.15) is 10.7 Å². The first-order valence-corrected chi connectivity index (χ1v) is 10.8. The van der Waals surface area contributed by atoms with E-state index in [1.54, 1.807) is 18.2 Å². The Labute approximate surface area is 184 Å². The third-order valence-electron chi connectivity index (χ3n) is 4.23. The predicted octanol–water partition coefficient (Wildman–Crippen LogP) is 2.41. The van der Waals surface area contributed by atoms with Gasteiger partial charge in [0.15, 0.2) is 6.61 Å². The molecule has 0 aliphatic carbocycles. The lowest BCUT2D eigenvalue weighted by Gasteiger charge is -2.10. The summed E-state index contributed by atoms with van der Waals surface area (Å²) in [5.41, 5.74) is 2.16. The van der Waals surface area contributed by atoms with Gasteiger partial charge in [0, 0.05) is 12.2 Å². The van der Waals surface area contributed by atoms with Crippen molar-refractivity contribution in [3.05, 3.63) is 71.6 Å². The van der Waals surface area contributed by atoms with Crippen molar-refractivity contribution in [2.45, 2.75) is 18.7 Å². The van der Waals surface area contributed by atoms with Crippen LogP contribution in [0, 0.1) is 19.7 Å². The standard InChI is InChI=1S/C21H22FN3O6S/c1-4-9-23-32(29,30)18-11-15(6-8-17(18)22)20(27)31-12-19(26)25-21(28)24-16-7-5-13(2)14(3)10-16/h4-8,10-11,23H,1,9,12H2,2-3H3,(H2,24,25,26,28). The van der Waals surface area contributed by atoms with Crippen molar-refractivity contribution in [1.82, 2.24) is 10.0 Å². The third kappa shape index (κ3) is 6.72. The molecule has 3 N–H and O–H groups in total. The number of urea groups is 1. The summed E-state index contributed by atoms with van der Waals surface area (Å²) in [7, 11) is -4.23. The molecule has 0 radical (unpaired) electrons. The molecular formula is C21H22FN3O6S. The Kier molecular flexibility index (Phi) is 8.21. The predicted molar refractivity (Wildman–Crippen MR) is 115 cm³/mol. The van der Waals surface area contributed by atoms with Crippen LogP contribution in [0.5, 0.6) is 0 Å². The van der Waals surface area contributed by atoms with Gasteiger partial charge in [-0.25, -0.2) is 27.1 Å². The first kappa shape index (κ1) is 24.7. The highest BCUT2D eigenvalue weighted by Crippen LogP contribution is 2.17. The Morgan fingerprint density at radius 2 is 1.81 bits per heavy atom. The number of hydrogen-bond donors (Lipinski definition) is 3. The molecule has 32 heavy (non-hydrogen) atoms. The molecule has 2 rings (SSSR count). The molecule has 0 heterocycles. The summed E-state index contributed by atoms with van der Waals surface area (Å²) in [5.74, 6) is -3.06. The number of esters is 1. The molecule has 9 nitrogen and oxygen atoms in total. The fourth-order valence-corrected chi connectivity index (χ4v) is 3.54. The van der Waals surface area contributed by atoms with E-state index >= 15 is 0 Å². The van der Waals surface area contributed by atoms with Gasteiger partial charge in [-0.1, -0.05) is 12.1 Å². The molecular weight excluding hydrogens is 441 g/mol. The minimum atomic E-state index is -4.23. The Balaban J connectivity index is 1.96. The van der Waals surface area contributed by atoms with Crippen molar-refractivity contribution in [2.24, 2.45) is 0 Å². The van der Waals surface area contributed by atoms with E-state index in [2.05, 4.69) is 16.6 Å². The van der Waals surface area contributed by atoms with Gasteiger partial charge in [-0.3, -0.25) is 10.1 Å². The van der Waals surface area contributed by atoms with E-state index in [1.807, 2.05) is 19.2 Å². The summed E-state index contributed by atoms with van der Waals surface area (Å²) >= 11 is 0. The Morgan fingerprint density at radius 3 is 2.47 bits per heavy atom. The maximum absolute atomic E-state index is 13.9. The monoisotopic (exact) mass is 463 g/mol. The molecule has 0 aromatic heterocycles. The normalized spacial score (nSPS) is 10.8. The van der Waals surface area contributed by atoms with Crippen molar-refractivity contribution in [3.8, 4) is 0 Å². The lowest BCUT2D eigenvalue weighted by molar-refractivity contribution is -0.123. The van der Waals surface area contributed by atoms with Gasteiger partial charge in [0.2, 0.25) is 10.0 Å². The highest BCUT2D eigenvalue weighted by Gasteiger charge is 2.21. The fourth-order valence-electron chi connectivity index (χ4n) is 2.44. The lowest BCUT2D eigenvalue weighted by Crippen LogP contribution is -2.37. The Hall–Kier alpha value is -3.57. The fraction of sp³-hybridized carbons (Fsp3) is 0.190. The van der Waals surface area contributed by atoms with Crippen LogP contribution in [-0.2, 0) is 19.6 Å². The van der Waals surface area contributed by atoms with Crippen LogP contribution >= 0.6 is 0 Å². The number of benzene rings is 2. The Morgan fingerprint density at radius 1 is 1.09 bits per heavy atom. The van der Waals surface area contributed by atoms with Gasteiger partial charge >= 0.3 is 12.0 Å². The maximum Gasteiger partial charge on any atom is 0.338 e. The van der Waals surface area contributed by atoms with Gasteiger partial charge in [-0.15, -0.1) is 6.58 Å². The second kappa shape index (κ2) is 10.6. The summed E-state index contributed by atoms with van der Waals surface area (Å²) in [4.78, 5) is 35.2. The zero-order valence-electron chi connectivity index (χ0n) is 17.4. The van der Waals surface area contributed by atoms with E-state index < -0.39 is 45.3 Å². The average molecular weight is 463 g/mol. The number of aryl methyl sites for hydroxylation is 2. The number of carbonyl (C=O) groups is 3. The second-order valence-corrected chi connectivity index (χ2v) is 8.40. The van der Waals surface area contributed by atoms with Crippen LogP contribution in [0.4, 0.5) is 14.9 Å². The third-order valence-corrected chi connectivity index (χ3v) is 5.66. The SMILES string of the molecule is C=CCNS(=O)(=O)c1cc(C(=O)OCC(=O)NC(=O)Nc2ccc(C)c(C)c2)ccc1F. The molecule has 0 aliphatic heterocycles. The van der Waals surface area contributed by atoms with E-state index in [-0.39, 0.29) is 12.1 Å². The maximum atomic E-state index is 13.9. The van der Waals surface area contributed by atoms with Crippen molar-refractivity contribution < 1.29 is 31.9 Å². The second-order valence-electron chi connectivity index (χ2n) is 6.66. The number of halogens is 1. The molecule has 11 heteroatoms. The molecule has 0 saturated heterocycles. The molecule has 2 aromatic rings. The number of imide groups is 1. The smallest absolute Gasteiger partial charge is 0.338 e.